The molecular formula is C24H26N2O2. The van der Waals surface area contributed by atoms with Crippen LogP contribution in [0.3, 0.4) is 0 Å². The second-order valence-corrected chi connectivity index (χ2v) is 7.90. The zero-order valence-electron chi connectivity index (χ0n) is 16.4. The highest BCUT2D eigenvalue weighted by atomic mass is 16.4. The number of carboxylic acids is 1. The van der Waals surface area contributed by atoms with Crippen LogP contribution in [0.2, 0.25) is 0 Å². The van der Waals surface area contributed by atoms with E-state index in [9.17, 15) is 9.90 Å². The first kappa shape index (κ1) is 18.6. The van der Waals surface area contributed by atoms with Crippen molar-refractivity contribution in [3.05, 3.63) is 77.0 Å². The number of carboxylic acid groups (broad SMARTS) is 1. The van der Waals surface area contributed by atoms with Gasteiger partial charge in [-0.15, -0.1) is 0 Å². The second kappa shape index (κ2) is 7.72. The molecule has 1 N–H and O–H groups in total. The molecule has 4 nitrogen and oxygen atoms in total. The molecule has 144 valence electrons. The summed E-state index contributed by atoms with van der Waals surface area (Å²) in [5, 5.41) is 10.5. The van der Waals surface area contributed by atoms with Crippen molar-refractivity contribution in [2.75, 3.05) is 13.1 Å². The molecule has 1 aromatic heterocycles. The molecule has 2 heterocycles. The number of fused-ring (bicyclic) bond motifs is 1. The molecule has 0 saturated carbocycles. The first-order valence-electron chi connectivity index (χ1n) is 9.92. The third-order valence-electron chi connectivity index (χ3n) is 5.70. The third-order valence-corrected chi connectivity index (χ3v) is 5.70. The van der Waals surface area contributed by atoms with Crippen LogP contribution in [0.25, 0.3) is 10.9 Å². The highest BCUT2D eigenvalue weighted by Gasteiger charge is 2.31. The number of hydrogen-bond acceptors (Lipinski definition) is 3. The Bertz CT molecular complexity index is 986. The molecular weight excluding hydrogens is 348 g/mol. The van der Waals surface area contributed by atoms with Crippen molar-refractivity contribution in [2.24, 2.45) is 5.92 Å². The Morgan fingerprint density at radius 3 is 2.39 bits per heavy atom. The maximum Gasteiger partial charge on any atom is 0.306 e. The van der Waals surface area contributed by atoms with Gasteiger partial charge in [-0.3, -0.25) is 14.7 Å². The molecule has 0 amide bonds. The number of benzene rings is 2. The fourth-order valence-corrected chi connectivity index (χ4v) is 4.38. The van der Waals surface area contributed by atoms with Crippen LogP contribution in [0, 0.1) is 19.8 Å². The average Bonchev–Trinajstić information content (AvgIpc) is 2.68. The van der Waals surface area contributed by atoms with Gasteiger partial charge in [-0.2, -0.15) is 0 Å². The molecule has 3 aromatic rings. The quantitative estimate of drug-likeness (QED) is 0.717. The van der Waals surface area contributed by atoms with Crippen molar-refractivity contribution in [3.8, 4) is 0 Å². The van der Waals surface area contributed by atoms with E-state index in [4.69, 9.17) is 4.98 Å². The first-order valence-corrected chi connectivity index (χ1v) is 9.92. The van der Waals surface area contributed by atoms with E-state index in [1.807, 2.05) is 18.2 Å². The minimum Gasteiger partial charge on any atom is -0.481 e. The van der Waals surface area contributed by atoms with Gasteiger partial charge in [-0.25, -0.2) is 0 Å². The second-order valence-electron chi connectivity index (χ2n) is 7.90. The van der Waals surface area contributed by atoms with Gasteiger partial charge in [0.05, 0.1) is 23.2 Å². The molecule has 28 heavy (non-hydrogen) atoms. The lowest BCUT2D eigenvalue weighted by atomic mass is 9.91. The minimum atomic E-state index is -0.675. The maximum absolute atomic E-state index is 11.4. The topological polar surface area (TPSA) is 53.4 Å². The molecule has 1 saturated heterocycles. The summed E-state index contributed by atoms with van der Waals surface area (Å²) in [5.74, 6) is -0.910. The minimum absolute atomic E-state index is 0.0398. The highest BCUT2D eigenvalue weighted by molar-refractivity contribution is 5.78. The van der Waals surface area contributed by atoms with Crippen molar-refractivity contribution < 1.29 is 9.90 Å². The Labute approximate surface area is 165 Å². The summed E-state index contributed by atoms with van der Waals surface area (Å²) >= 11 is 0. The standard InChI is InChI=1S/C24H26N2O2/c1-16-13-17(2)15-20(14-16)23(26-11-9-19(10-12-26)24(27)28)22-8-7-18-5-3-4-6-21(18)25-22/h3-8,13-15,19,23H,9-12H2,1-2H3,(H,27,28). The van der Waals surface area contributed by atoms with Crippen molar-refractivity contribution in [3.63, 3.8) is 0 Å². The van der Waals surface area contributed by atoms with Crippen LogP contribution >= 0.6 is 0 Å². The summed E-state index contributed by atoms with van der Waals surface area (Å²) < 4.78 is 0. The average molecular weight is 374 g/mol. The molecule has 0 spiro atoms. The van der Waals surface area contributed by atoms with E-state index in [1.54, 1.807) is 0 Å². The van der Waals surface area contributed by atoms with Gasteiger partial charge in [-0.05, 0) is 57.5 Å². The number of pyridine rings is 1. The van der Waals surface area contributed by atoms with Crippen LogP contribution in [0.1, 0.15) is 41.3 Å². The third kappa shape index (κ3) is 3.78. The van der Waals surface area contributed by atoms with Crippen molar-refractivity contribution in [2.45, 2.75) is 32.7 Å². The molecule has 0 radical (unpaired) electrons. The number of aromatic nitrogens is 1. The number of carbonyl (C=O) groups is 1. The largest absolute Gasteiger partial charge is 0.481 e. The summed E-state index contributed by atoms with van der Waals surface area (Å²) in [7, 11) is 0. The van der Waals surface area contributed by atoms with E-state index in [2.05, 4.69) is 55.1 Å². The predicted octanol–water partition coefficient (Wildman–Crippen LogP) is 4.74. The first-order chi connectivity index (χ1) is 13.5. The van der Waals surface area contributed by atoms with Gasteiger partial charge >= 0.3 is 5.97 Å². The molecule has 1 aliphatic heterocycles. The SMILES string of the molecule is Cc1cc(C)cc(C(c2ccc3ccccc3n2)N2CCC(C(=O)O)CC2)c1. The normalized spacial score (nSPS) is 16.9. The van der Waals surface area contributed by atoms with Gasteiger partial charge in [0.25, 0.3) is 0 Å². The van der Waals surface area contributed by atoms with Gasteiger partial charge in [0.2, 0.25) is 0 Å². The van der Waals surface area contributed by atoms with Crippen LogP contribution in [0.4, 0.5) is 0 Å². The Morgan fingerprint density at radius 1 is 1.04 bits per heavy atom. The summed E-state index contributed by atoms with van der Waals surface area (Å²) in [5.41, 5.74) is 5.73. The van der Waals surface area contributed by atoms with Crippen LogP contribution < -0.4 is 0 Å². The van der Waals surface area contributed by atoms with Crippen molar-refractivity contribution in [1.82, 2.24) is 9.88 Å². The van der Waals surface area contributed by atoms with Crippen LogP contribution in [0.15, 0.2) is 54.6 Å². The smallest absolute Gasteiger partial charge is 0.306 e. The summed E-state index contributed by atoms with van der Waals surface area (Å²) in [6.07, 6.45) is 1.37. The fraction of sp³-hybridized carbons (Fsp3) is 0.333. The Kier molecular flexibility index (Phi) is 5.14. The molecule has 2 aromatic carbocycles. The maximum atomic E-state index is 11.4. The highest BCUT2D eigenvalue weighted by Crippen LogP contribution is 2.33. The molecule has 4 heteroatoms. The van der Waals surface area contributed by atoms with E-state index in [0.29, 0.717) is 12.8 Å². The molecule has 1 fully saturated rings. The van der Waals surface area contributed by atoms with E-state index in [0.717, 1.165) is 29.7 Å². The van der Waals surface area contributed by atoms with Gasteiger partial charge in [0.1, 0.15) is 0 Å². The number of para-hydroxylation sites is 1. The van der Waals surface area contributed by atoms with Gasteiger partial charge < -0.3 is 5.11 Å². The number of nitrogens with zero attached hydrogens (tertiary/aromatic N) is 2. The van der Waals surface area contributed by atoms with Crippen LogP contribution in [0.5, 0.6) is 0 Å². The zero-order chi connectivity index (χ0) is 19.7. The van der Waals surface area contributed by atoms with Crippen molar-refractivity contribution >= 4 is 16.9 Å². The summed E-state index contributed by atoms with van der Waals surface area (Å²) in [4.78, 5) is 18.8. The number of rotatable bonds is 4. The van der Waals surface area contributed by atoms with Crippen LogP contribution in [-0.4, -0.2) is 34.0 Å². The van der Waals surface area contributed by atoms with Crippen LogP contribution in [-0.2, 0) is 4.79 Å². The van der Waals surface area contributed by atoms with Gasteiger partial charge in [0, 0.05) is 5.39 Å². The molecule has 1 unspecified atom stereocenters. The number of aryl methyl sites for hydroxylation is 2. The lowest BCUT2D eigenvalue weighted by Crippen LogP contribution is -2.39. The van der Waals surface area contributed by atoms with E-state index in [-0.39, 0.29) is 12.0 Å². The van der Waals surface area contributed by atoms with Crippen molar-refractivity contribution in [1.29, 1.82) is 0 Å². The molecule has 1 aliphatic rings. The molecule has 0 aliphatic carbocycles. The molecule has 0 bridgehead atoms. The van der Waals surface area contributed by atoms with E-state index < -0.39 is 5.97 Å². The number of likely N-dealkylation sites (tertiary alicyclic amines) is 1. The molecule has 4 rings (SSSR count). The number of piperidine rings is 1. The fourth-order valence-electron chi connectivity index (χ4n) is 4.38. The predicted molar refractivity (Wildman–Crippen MR) is 111 cm³/mol. The van der Waals surface area contributed by atoms with Gasteiger partial charge in [0.15, 0.2) is 0 Å². The summed E-state index contributed by atoms with van der Waals surface area (Å²) in [6.45, 7) is 5.78. The summed E-state index contributed by atoms with van der Waals surface area (Å²) in [6, 6.07) is 19.1. The van der Waals surface area contributed by atoms with E-state index >= 15 is 0 Å². The number of aliphatic carboxylic acids is 1. The lowest BCUT2D eigenvalue weighted by molar-refractivity contribution is -0.143. The lowest BCUT2D eigenvalue weighted by Gasteiger charge is -2.36. The monoisotopic (exact) mass is 374 g/mol. The zero-order valence-corrected chi connectivity index (χ0v) is 16.4. The number of hydrogen-bond donors (Lipinski definition) is 1. The molecule has 1 atom stereocenters. The van der Waals surface area contributed by atoms with Gasteiger partial charge in [-0.1, -0.05) is 53.6 Å². The van der Waals surface area contributed by atoms with E-state index in [1.165, 1.54) is 16.7 Å². The Morgan fingerprint density at radius 2 is 1.71 bits per heavy atom. The Balaban J connectivity index is 1.75. The Hall–Kier alpha value is -2.72.